The molecule has 2 atom stereocenters. The molecule has 1 amide bonds. The summed E-state index contributed by atoms with van der Waals surface area (Å²) < 4.78 is 24.5. The third-order valence-corrected chi connectivity index (χ3v) is 4.87. The van der Waals surface area contributed by atoms with Crippen LogP contribution < -0.4 is 5.32 Å². The SMILES string of the molecule is C[C@@H](OC(C)(C)C)[C@H](NC(=O)OCC1c2ccccc2-c2ccccc21)C(=O)F. The minimum atomic E-state index is -1.67. The van der Waals surface area contributed by atoms with E-state index in [2.05, 4.69) is 5.32 Å². The topological polar surface area (TPSA) is 64.6 Å². The normalized spacial score (nSPS) is 15.2. The van der Waals surface area contributed by atoms with E-state index < -0.39 is 29.9 Å². The van der Waals surface area contributed by atoms with Crippen molar-refractivity contribution in [2.45, 2.75) is 51.4 Å². The molecular formula is C23H26FNO4. The fraction of sp³-hybridized carbons (Fsp3) is 0.391. The van der Waals surface area contributed by atoms with E-state index in [1.54, 1.807) is 20.8 Å². The Bertz CT molecular complexity index is 860. The number of benzene rings is 2. The van der Waals surface area contributed by atoms with Crippen LogP contribution in [0.4, 0.5) is 9.18 Å². The molecule has 0 aromatic heterocycles. The van der Waals surface area contributed by atoms with Crippen LogP contribution >= 0.6 is 0 Å². The van der Waals surface area contributed by atoms with Crippen molar-refractivity contribution in [1.82, 2.24) is 5.32 Å². The Kier molecular flexibility index (Phi) is 6.03. The van der Waals surface area contributed by atoms with Gasteiger partial charge in [-0.05, 0) is 49.9 Å². The van der Waals surface area contributed by atoms with Crippen molar-refractivity contribution in [2.24, 2.45) is 0 Å². The van der Waals surface area contributed by atoms with Gasteiger partial charge in [0.1, 0.15) is 12.6 Å². The number of halogens is 1. The van der Waals surface area contributed by atoms with Crippen LogP contribution in [0.2, 0.25) is 0 Å². The van der Waals surface area contributed by atoms with Crippen molar-refractivity contribution in [3.05, 3.63) is 59.7 Å². The summed E-state index contributed by atoms with van der Waals surface area (Å²) in [7, 11) is 0. The van der Waals surface area contributed by atoms with Gasteiger partial charge in [0.15, 0.2) is 0 Å². The molecule has 29 heavy (non-hydrogen) atoms. The van der Waals surface area contributed by atoms with Gasteiger partial charge in [-0.15, -0.1) is 0 Å². The molecule has 1 aliphatic rings. The number of amides is 1. The predicted molar refractivity (Wildman–Crippen MR) is 108 cm³/mol. The lowest BCUT2D eigenvalue weighted by molar-refractivity contribution is -0.139. The van der Waals surface area contributed by atoms with Gasteiger partial charge in [-0.1, -0.05) is 48.5 Å². The van der Waals surface area contributed by atoms with E-state index in [9.17, 15) is 14.0 Å². The van der Waals surface area contributed by atoms with Crippen LogP contribution in [0.3, 0.4) is 0 Å². The van der Waals surface area contributed by atoms with Crippen LogP contribution in [0.1, 0.15) is 44.7 Å². The molecule has 2 aromatic carbocycles. The largest absolute Gasteiger partial charge is 0.449 e. The third kappa shape index (κ3) is 4.82. The number of carbonyl (C=O) groups is 2. The Morgan fingerprint density at radius 3 is 2.03 bits per heavy atom. The van der Waals surface area contributed by atoms with E-state index in [1.165, 1.54) is 6.92 Å². The van der Waals surface area contributed by atoms with Gasteiger partial charge in [-0.3, -0.25) is 4.79 Å². The van der Waals surface area contributed by atoms with E-state index >= 15 is 0 Å². The number of alkyl carbamates (subject to hydrolysis) is 1. The summed E-state index contributed by atoms with van der Waals surface area (Å²) in [6.45, 7) is 6.99. The van der Waals surface area contributed by atoms with E-state index in [1.807, 2.05) is 48.5 Å². The molecule has 0 bridgehead atoms. The number of nitrogens with one attached hydrogen (secondary N) is 1. The first kappa shape index (κ1) is 21.0. The maximum atomic E-state index is 13.5. The number of hydrogen-bond donors (Lipinski definition) is 1. The van der Waals surface area contributed by atoms with E-state index in [4.69, 9.17) is 9.47 Å². The summed E-state index contributed by atoms with van der Waals surface area (Å²) in [5, 5.41) is 2.30. The molecule has 0 heterocycles. The van der Waals surface area contributed by atoms with Crippen LogP contribution in [0.5, 0.6) is 0 Å². The third-order valence-electron chi connectivity index (χ3n) is 4.87. The lowest BCUT2D eigenvalue weighted by atomic mass is 9.98. The molecule has 5 nitrogen and oxygen atoms in total. The van der Waals surface area contributed by atoms with Crippen LogP contribution in [0, 0.1) is 0 Å². The molecule has 3 rings (SSSR count). The van der Waals surface area contributed by atoms with Gasteiger partial charge < -0.3 is 14.8 Å². The molecule has 0 fully saturated rings. The van der Waals surface area contributed by atoms with Crippen LogP contribution in [0.15, 0.2) is 48.5 Å². The average Bonchev–Trinajstić information content (AvgIpc) is 2.96. The van der Waals surface area contributed by atoms with E-state index in [0.29, 0.717) is 0 Å². The summed E-state index contributed by atoms with van der Waals surface area (Å²) in [6, 6.07) is 12.8. The predicted octanol–water partition coefficient (Wildman–Crippen LogP) is 4.59. The molecule has 0 saturated carbocycles. The molecule has 0 saturated heterocycles. The highest BCUT2D eigenvalue weighted by molar-refractivity contribution is 5.81. The van der Waals surface area contributed by atoms with Gasteiger partial charge in [-0.25, -0.2) is 4.79 Å². The minimum Gasteiger partial charge on any atom is -0.449 e. The maximum Gasteiger partial charge on any atom is 0.407 e. The van der Waals surface area contributed by atoms with Crippen molar-refractivity contribution in [3.63, 3.8) is 0 Å². The zero-order valence-electron chi connectivity index (χ0n) is 17.1. The quantitative estimate of drug-likeness (QED) is 0.722. The average molecular weight is 399 g/mol. The number of ether oxygens (including phenoxy) is 2. The van der Waals surface area contributed by atoms with Crippen molar-refractivity contribution in [1.29, 1.82) is 0 Å². The van der Waals surface area contributed by atoms with Crippen LogP contribution in [0.25, 0.3) is 11.1 Å². The lowest BCUT2D eigenvalue weighted by Gasteiger charge is -2.29. The van der Waals surface area contributed by atoms with Crippen molar-refractivity contribution in [2.75, 3.05) is 6.61 Å². The highest BCUT2D eigenvalue weighted by Gasteiger charge is 2.33. The van der Waals surface area contributed by atoms with E-state index in [-0.39, 0.29) is 12.5 Å². The number of fused-ring (bicyclic) bond motifs is 3. The highest BCUT2D eigenvalue weighted by atomic mass is 19.1. The fourth-order valence-electron chi connectivity index (χ4n) is 3.75. The van der Waals surface area contributed by atoms with Gasteiger partial charge >= 0.3 is 12.1 Å². The first-order valence-electron chi connectivity index (χ1n) is 9.66. The minimum absolute atomic E-state index is 0.0849. The first-order chi connectivity index (χ1) is 13.7. The molecule has 0 unspecified atom stereocenters. The molecule has 0 aliphatic heterocycles. The Morgan fingerprint density at radius 1 is 1.03 bits per heavy atom. The Morgan fingerprint density at radius 2 is 1.55 bits per heavy atom. The summed E-state index contributed by atoms with van der Waals surface area (Å²) in [6.07, 6.45) is -1.69. The van der Waals surface area contributed by atoms with Gasteiger partial charge in [-0.2, -0.15) is 4.39 Å². The van der Waals surface area contributed by atoms with Crippen molar-refractivity contribution < 1.29 is 23.5 Å². The maximum absolute atomic E-state index is 13.5. The number of rotatable bonds is 6. The Hall–Kier alpha value is -2.73. The highest BCUT2D eigenvalue weighted by Crippen LogP contribution is 2.44. The summed E-state index contributed by atoms with van der Waals surface area (Å²) in [4.78, 5) is 23.7. The molecule has 0 spiro atoms. The second-order valence-electron chi connectivity index (χ2n) is 8.19. The molecule has 154 valence electrons. The fourth-order valence-corrected chi connectivity index (χ4v) is 3.75. The molecule has 2 aromatic rings. The number of carbonyl (C=O) groups excluding carboxylic acids is 2. The number of hydrogen-bond acceptors (Lipinski definition) is 4. The Balaban J connectivity index is 1.68. The van der Waals surface area contributed by atoms with Crippen molar-refractivity contribution >= 4 is 12.1 Å². The molecule has 1 N–H and O–H groups in total. The van der Waals surface area contributed by atoms with Gasteiger partial charge in [0.25, 0.3) is 0 Å². The van der Waals surface area contributed by atoms with Crippen LogP contribution in [-0.4, -0.2) is 36.5 Å². The molecule has 6 heteroatoms. The summed E-state index contributed by atoms with van der Waals surface area (Å²) >= 11 is 0. The first-order valence-corrected chi connectivity index (χ1v) is 9.66. The van der Waals surface area contributed by atoms with Crippen molar-refractivity contribution in [3.8, 4) is 11.1 Å². The van der Waals surface area contributed by atoms with Gasteiger partial charge in [0, 0.05) is 5.92 Å². The lowest BCUT2D eigenvalue weighted by Crippen LogP contribution is -2.49. The molecule has 1 aliphatic carbocycles. The Labute approximate surface area is 170 Å². The smallest absolute Gasteiger partial charge is 0.407 e. The zero-order valence-corrected chi connectivity index (χ0v) is 17.1. The van der Waals surface area contributed by atoms with Gasteiger partial charge in [0.2, 0.25) is 0 Å². The van der Waals surface area contributed by atoms with Gasteiger partial charge in [0.05, 0.1) is 11.7 Å². The monoisotopic (exact) mass is 399 g/mol. The standard InChI is InChI=1S/C23H26FNO4/c1-14(29-23(2,3)4)20(21(24)26)25-22(27)28-13-19-17-11-7-5-9-15(17)16-10-6-8-12-18(16)19/h5-12,14,19-20H,13H2,1-4H3,(H,25,27)/t14-,20+/m1/s1. The zero-order chi connectivity index (χ0) is 21.2. The second kappa shape index (κ2) is 8.33. The summed E-state index contributed by atoms with van der Waals surface area (Å²) in [5.41, 5.74) is 3.78. The molecule has 0 radical (unpaired) electrons. The second-order valence-corrected chi connectivity index (χ2v) is 8.19. The van der Waals surface area contributed by atoms with E-state index in [0.717, 1.165) is 22.3 Å². The molecular weight excluding hydrogens is 373 g/mol. The summed E-state index contributed by atoms with van der Waals surface area (Å²) in [5.74, 6) is -0.115. The van der Waals surface area contributed by atoms with Crippen LogP contribution in [-0.2, 0) is 14.3 Å².